The Hall–Kier alpha value is -2.94. The number of carbonyl (C=O) groups excluding carboxylic acids is 1. The van der Waals surface area contributed by atoms with Crippen molar-refractivity contribution in [3.63, 3.8) is 0 Å². The van der Waals surface area contributed by atoms with Crippen molar-refractivity contribution in [3.05, 3.63) is 71.8 Å². The Balaban J connectivity index is 2.05. The van der Waals surface area contributed by atoms with Crippen molar-refractivity contribution in [3.8, 4) is 0 Å². The van der Waals surface area contributed by atoms with E-state index in [1.807, 2.05) is 60.7 Å². The highest BCUT2D eigenvalue weighted by atomic mass is 16.6. The second-order valence-electron chi connectivity index (χ2n) is 9.80. The highest BCUT2D eigenvalue weighted by molar-refractivity contribution is 5.79. The Kier molecular flexibility index (Phi) is 11.9. The zero-order chi connectivity index (χ0) is 26.6. The fourth-order valence-electron chi connectivity index (χ4n) is 3.67. The summed E-state index contributed by atoms with van der Waals surface area (Å²) in [4.78, 5) is 23.8. The Morgan fingerprint density at radius 3 is 1.89 bits per heavy atom. The van der Waals surface area contributed by atoms with E-state index in [1.165, 1.54) is 0 Å². The molecule has 0 saturated heterocycles. The van der Waals surface area contributed by atoms with Gasteiger partial charge in [-0.2, -0.15) is 0 Å². The lowest BCUT2D eigenvalue weighted by molar-refractivity contribution is -0.140. The van der Waals surface area contributed by atoms with Crippen LogP contribution in [0.25, 0.3) is 0 Å². The summed E-state index contributed by atoms with van der Waals surface area (Å²) in [7, 11) is 0. The third-order valence-corrected chi connectivity index (χ3v) is 5.40. The summed E-state index contributed by atoms with van der Waals surface area (Å²) in [5.41, 5.74) is 1.21. The SMILES string of the molecule is CC(O)C(OCc1ccccc1)C(CCCC(NC(=O)OC(C)(C)C)C(=O)O)OCc1ccccc1. The van der Waals surface area contributed by atoms with Crippen molar-refractivity contribution in [2.24, 2.45) is 0 Å². The fraction of sp³-hybridized carbons (Fsp3) is 0.500. The van der Waals surface area contributed by atoms with Crippen molar-refractivity contribution >= 4 is 12.1 Å². The average molecular weight is 502 g/mol. The number of ether oxygens (including phenoxy) is 3. The number of carbonyl (C=O) groups is 2. The molecule has 1 amide bonds. The number of nitrogens with one attached hydrogen (secondary N) is 1. The maximum atomic E-state index is 12.1. The van der Waals surface area contributed by atoms with Gasteiger partial charge in [0.05, 0.1) is 25.4 Å². The predicted molar refractivity (Wildman–Crippen MR) is 136 cm³/mol. The van der Waals surface area contributed by atoms with Gasteiger partial charge in [-0.1, -0.05) is 60.7 Å². The summed E-state index contributed by atoms with van der Waals surface area (Å²) in [6.07, 6.45) is -1.70. The van der Waals surface area contributed by atoms with Crippen LogP contribution in [-0.2, 0) is 32.2 Å². The summed E-state index contributed by atoms with van der Waals surface area (Å²) in [6, 6.07) is 18.2. The maximum Gasteiger partial charge on any atom is 0.408 e. The summed E-state index contributed by atoms with van der Waals surface area (Å²) in [6.45, 7) is 7.41. The van der Waals surface area contributed by atoms with Gasteiger partial charge < -0.3 is 29.7 Å². The number of hydrogen-bond donors (Lipinski definition) is 3. The van der Waals surface area contributed by atoms with Crippen LogP contribution in [0.1, 0.15) is 58.1 Å². The van der Waals surface area contributed by atoms with E-state index < -0.39 is 42.0 Å². The molecule has 8 nitrogen and oxygen atoms in total. The lowest BCUT2D eigenvalue weighted by Crippen LogP contribution is -2.44. The minimum Gasteiger partial charge on any atom is -0.480 e. The molecule has 0 aliphatic rings. The molecule has 2 aromatic carbocycles. The summed E-state index contributed by atoms with van der Waals surface area (Å²) >= 11 is 0. The number of alkyl carbamates (subject to hydrolysis) is 1. The van der Waals surface area contributed by atoms with Gasteiger partial charge in [-0.15, -0.1) is 0 Å². The van der Waals surface area contributed by atoms with Crippen molar-refractivity contribution < 1.29 is 34.0 Å². The first-order valence-electron chi connectivity index (χ1n) is 12.3. The van der Waals surface area contributed by atoms with Gasteiger partial charge in [0.2, 0.25) is 0 Å². The molecule has 36 heavy (non-hydrogen) atoms. The van der Waals surface area contributed by atoms with Crippen LogP contribution in [0.15, 0.2) is 60.7 Å². The quantitative estimate of drug-likeness (QED) is 0.344. The van der Waals surface area contributed by atoms with Crippen LogP contribution in [0.5, 0.6) is 0 Å². The summed E-state index contributed by atoms with van der Waals surface area (Å²) in [5.74, 6) is -1.14. The third-order valence-electron chi connectivity index (χ3n) is 5.40. The van der Waals surface area contributed by atoms with E-state index in [-0.39, 0.29) is 6.42 Å². The zero-order valence-electron chi connectivity index (χ0n) is 21.6. The molecule has 8 heteroatoms. The van der Waals surface area contributed by atoms with E-state index in [0.29, 0.717) is 26.1 Å². The Morgan fingerprint density at radius 1 is 0.889 bits per heavy atom. The zero-order valence-corrected chi connectivity index (χ0v) is 21.6. The van der Waals surface area contributed by atoms with Crippen LogP contribution in [0.3, 0.4) is 0 Å². The van der Waals surface area contributed by atoms with E-state index in [2.05, 4.69) is 5.32 Å². The van der Waals surface area contributed by atoms with Crippen LogP contribution in [-0.4, -0.2) is 52.2 Å². The summed E-state index contributed by atoms with van der Waals surface area (Å²) < 4.78 is 17.5. The van der Waals surface area contributed by atoms with E-state index in [0.717, 1.165) is 11.1 Å². The minimum absolute atomic E-state index is 0.172. The summed E-state index contributed by atoms with van der Waals surface area (Å²) in [5, 5.41) is 22.5. The minimum atomic E-state index is -1.14. The smallest absolute Gasteiger partial charge is 0.408 e. The number of aliphatic hydroxyl groups is 1. The molecule has 0 fully saturated rings. The number of benzene rings is 2. The highest BCUT2D eigenvalue weighted by Gasteiger charge is 2.29. The van der Waals surface area contributed by atoms with Crippen LogP contribution in [0.2, 0.25) is 0 Å². The van der Waals surface area contributed by atoms with E-state index in [1.54, 1.807) is 27.7 Å². The number of carboxylic acids is 1. The Labute approximate surface area is 213 Å². The number of hydrogen-bond acceptors (Lipinski definition) is 6. The second kappa shape index (κ2) is 14.6. The normalized spacial score (nSPS) is 14.9. The largest absolute Gasteiger partial charge is 0.480 e. The molecule has 2 aromatic rings. The van der Waals surface area contributed by atoms with Crippen LogP contribution in [0, 0.1) is 0 Å². The molecular weight excluding hydrogens is 462 g/mol. The van der Waals surface area contributed by atoms with Gasteiger partial charge in [-0.05, 0) is 58.1 Å². The molecule has 0 aliphatic carbocycles. The van der Waals surface area contributed by atoms with Gasteiger partial charge in [0, 0.05) is 0 Å². The molecular formula is C28H39NO7. The Morgan fingerprint density at radius 2 is 1.42 bits per heavy atom. The molecule has 0 heterocycles. The monoisotopic (exact) mass is 501 g/mol. The molecule has 4 atom stereocenters. The molecule has 4 unspecified atom stereocenters. The lowest BCUT2D eigenvalue weighted by atomic mass is 10.0. The fourth-order valence-corrected chi connectivity index (χ4v) is 3.67. The first-order valence-corrected chi connectivity index (χ1v) is 12.3. The topological polar surface area (TPSA) is 114 Å². The standard InChI is InChI=1S/C28H39NO7/c1-20(30)25(35-19-22-14-9-6-10-15-22)24(34-18-21-12-7-5-8-13-21)17-11-16-23(26(31)32)29-27(33)36-28(2,3)4/h5-10,12-15,20,23-25,30H,11,16-19H2,1-4H3,(H,29,33)(H,31,32). The van der Waals surface area contributed by atoms with Gasteiger partial charge >= 0.3 is 12.1 Å². The molecule has 0 bridgehead atoms. The van der Waals surface area contributed by atoms with Gasteiger partial charge in [-0.25, -0.2) is 9.59 Å². The van der Waals surface area contributed by atoms with Crippen molar-refractivity contribution in [2.75, 3.05) is 0 Å². The van der Waals surface area contributed by atoms with Crippen molar-refractivity contribution in [2.45, 2.75) is 90.1 Å². The highest BCUT2D eigenvalue weighted by Crippen LogP contribution is 2.20. The molecule has 198 valence electrons. The maximum absolute atomic E-state index is 12.1. The van der Waals surface area contributed by atoms with Gasteiger partial charge in [0.15, 0.2) is 0 Å². The molecule has 0 saturated carbocycles. The average Bonchev–Trinajstić information content (AvgIpc) is 2.81. The number of rotatable bonds is 14. The molecule has 0 spiro atoms. The number of aliphatic carboxylic acids is 1. The Bertz CT molecular complexity index is 913. The predicted octanol–water partition coefficient (Wildman–Crippen LogP) is 4.69. The molecule has 0 radical (unpaired) electrons. The first kappa shape index (κ1) is 29.3. The molecule has 0 aromatic heterocycles. The van der Waals surface area contributed by atoms with E-state index >= 15 is 0 Å². The van der Waals surface area contributed by atoms with Crippen molar-refractivity contribution in [1.82, 2.24) is 5.32 Å². The second-order valence-corrected chi connectivity index (χ2v) is 9.80. The van der Waals surface area contributed by atoms with E-state index in [9.17, 15) is 19.8 Å². The van der Waals surface area contributed by atoms with Gasteiger partial charge in [-0.3, -0.25) is 0 Å². The third kappa shape index (κ3) is 11.2. The lowest BCUT2D eigenvalue weighted by Gasteiger charge is -2.30. The van der Waals surface area contributed by atoms with Crippen LogP contribution < -0.4 is 5.32 Å². The first-order chi connectivity index (χ1) is 17.0. The van der Waals surface area contributed by atoms with Gasteiger partial charge in [0.1, 0.15) is 17.7 Å². The molecule has 0 aliphatic heterocycles. The van der Waals surface area contributed by atoms with E-state index in [4.69, 9.17) is 14.2 Å². The van der Waals surface area contributed by atoms with Crippen LogP contribution >= 0.6 is 0 Å². The van der Waals surface area contributed by atoms with Gasteiger partial charge in [0.25, 0.3) is 0 Å². The molecule has 2 rings (SSSR count). The number of aliphatic hydroxyl groups excluding tert-OH is 1. The molecule has 3 N–H and O–H groups in total. The number of amides is 1. The van der Waals surface area contributed by atoms with Crippen molar-refractivity contribution in [1.29, 1.82) is 0 Å². The van der Waals surface area contributed by atoms with Crippen LogP contribution in [0.4, 0.5) is 4.79 Å². The number of carboxylic acid groups (broad SMARTS) is 1.